The Hall–Kier alpha value is -2.18. The van der Waals surface area contributed by atoms with E-state index in [0.29, 0.717) is 18.7 Å². The Morgan fingerprint density at radius 1 is 1.00 bits per heavy atom. The van der Waals surface area contributed by atoms with Gasteiger partial charge in [0, 0.05) is 13.1 Å². The zero-order valence-electron chi connectivity index (χ0n) is 15.1. The Balaban J connectivity index is 1.94. The third kappa shape index (κ3) is 3.97. The van der Waals surface area contributed by atoms with Gasteiger partial charge < -0.3 is 4.90 Å². The minimum atomic E-state index is -3.82. The summed E-state index contributed by atoms with van der Waals surface area (Å²) in [5.41, 5.74) is 2.57. The molecule has 0 spiro atoms. The Morgan fingerprint density at radius 2 is 1.65 bits per heavy atom. The van der Waals surface area contributed by atoms with Gasteiger partial charge in [0.2, 0.25) is 15.9 Å². The summed E-state index contributed by atoms with van der Waals surface area (Å²) < 4.78 is 28.5. The Morgan fingerprint density at radius 3 is 2.27 bits per heavy atom. The van der Waals surface area contributed by atoms with Crippen LogP contribution in [0.3, 0.4) is 0 Å². The monoisotopic (exact) mass is 372 g/mol. The standard InChI is InChI=1S/C20H24N2O3S/c1-15-10-11-18(14-16(15)2)26(24,25)21-19(17-8-4-3-5-9-17)20(23)22-12-6-7-13-22/h3-5,8-11,14,19,21H,6-7,12-13H2,1-2H3/t19-/m0/s1. The van der Waals surface area contributed by atoms with Crippen molar-refractivity contribution in [2.24, 2.45) is 0 Å². The zero-order valence-corrected chi connectivity index (χ0v) is 15.9. The van der Waals surface area contributed by atoms with Crippen LogP contribution in [-0.4, -0.2) is 32.3 Å². The van der Waals surface area contributed by atoms with E-state index in [4.69, 9.17) is 0 Å². The van der Waals surface area contributed by atoms with Crippen LogP contribution in [0, 0.1) is 13.8 Å². The number of nitrogens with one attached hydrogen (secondary N) is 1. The molecule has 1 N–H and O–H groups in total. The normalized spacial score (nSPS) is 15.8. The van der Waals surface area contributed by atoms with E-state index in [1.165, 1.54) is 0 Å². The van der Waals surface area contributed by atoms with Crippen molar-refractivity contribution < 1.29 is 13.2 Å². The molecule has 26 heavy (non-hydrogen) atoms. The predicted molar refractivity (Wildman–Crippen MR) is 101 cm³/mol. The number of carbonyl (C=O) groups excluding carboxylic acids is 1. The lowest BCUT2D eigenvalue weighted by Crippen LogP contribution is -2.41. The Kier molecular flexibility index (Phi) is 5.44. The fraction of sp³-hybridized carbons (Fsp3) is 0.350. The molecule has 1 amide bonds. The van der Waals surface area contributed by atoms with E-state index in [1.54, 1.807) is 35.2 Å². The summed E-state index contributed by atoms with van der Waals surface area (Å²) in [6.45, 7) is 5.16. The van der Waals surface area contributed by atoms with Gasteiger partial charge in [-0.2, -0.15) is 4.72 Å². The Bertz CT molecular complexity index is 889. The maximum absolute atomic E-state index is 13.0. The van der Waals surface area contributed by atoms with Gasteiger partial charge in [0.05, 0.1) is 4.90 Å². The number of carbonyl (C=O) groups is 1. The summed E-state index contributed by atoms with van der Waals surface area (Å²) in [7, 11) is -3.82. The van der Waals surface area contributed by atoms with Gasteiger partial charge in [0.25, 0.3) is 0 Å². The van der Waals surface area contributed by atoms with Crippen molar-refractivity contribution in [1.82, 2.24) is 9.62 Å². The molecule has 0 radical (unpaired) electrons. The molecule has 0 aliphatic carbocycles. The van der Waals surface area contributed by atoms with Crippen molar-refractivity contribution in [3.05, 3.63) is 65.2 Å². The van der Waals surface area contributed by atoms with Gasteiger partial charge in [-0.3, -0.25) is 4.79 Å². The number of hydrogen-bond acceptors (Lipinski definition) is 3. The van der Waals surface area contributed by atoms with Crippen molar-refractivity contribution in [1.29, 1.82) is 0 Å². The highest BCUT2D eigenvalue weighted by atomic mass is 32.2. The molecule has 1 atom stereocenters. The van der Waals surface area contributed by atoms with Gasteiger partial charge >= 0.3 is 0 Å². The van der Waals surface area contributed by atoms with Crippen LogP contribution in [-0.2, 0) is 14.8 Å². The average Bonchev–Trinajstić information content (AvgIpc) is 3.17. The first-order chi connectivity index (χ1) is 12.4. The summed E-state index contributed by atoms with van der Waals surface area (Å²) in [5, 5.41) is 0. The molecule has 1 fully saturated rings. The number of aryl methyl sites for hydroxylation is 2. The average molecular weight is 372 g/mol. The van der Waals surface area contributed by atoms with Gasteiger partial charge in [-0.15, -0.1) is 0 Å². The molecule has 0 aromatic heterocycles. The number of rotatable bonds is 5. The molecule has 0 bridgehead atoms. The van der Waals surface area contributed by atoms with E-state index in [0.717, 1.165) is 24.0 Å². The van der Waals surface area contributed by atoms with E-state index in [2.05, 4.69) is 4.72 Å². The predicted octanol–water partition coefficient (Wildman–Crippen LogP) is 2.95. The summed E-state index contributed by atoms with van der Waals surface area (Å²) in [4.78, 5) is 14.9. The Labute approximate surface area is 155 Å². The molecular formula is C20H24N2O3S. The lowest BCUT2D eigenvalue weighted by molar-refractivity contribution is -0.132. The lowest BCUT2D eigenvalue weighted by Gasteiger charge is -2.24. The van der Waals surface area contributed by atoms with Crippen LogP contribution in [0.1, 0.15) is 35.6 Å². The first-order valence-corrected chi connectivity index (χ1v) is 10.3. The first-order valence-electron chi connectivity index (χ1n) is 8.82. The van der Waals surface area contributed by atoms with Crippen LogP contribution in [0.25, 0.3) is 0 Å². The largest absolute Gasteiger partial charge is 0.341 e. The number of likely N-dealkylation sites (tertiary alicyclic amines) is 1. The number of sulfonamides is 1. The molecule has 2 aromatic rings. The third-order valence-electron chi connectivity index (χ3n) is 4.86. The smallest absolute Gasteiger partial charge is 0.245 e. The molecule has 1 aliphatic rings. The van der Waals surface area contributed by atoms with Crippen molar-refractivity contribution >= 4 is 15.9 Å². The van der Waals surface area contributed by atoms with E-state index in [1.807, 2.05) is 32.0 Å². The van der Waals surface area contributed by atoms with Gasteiger partial charge in [0.15, 0.2) is 0 Å². The molecule has 1 heterocycles. The maximum atomic E-state index is 13.0. The van der Waals surface area contributed by atoms with Crippen LogP contribution >= 0.6 is 0 Å². The molecule has 6 heteroatoms. The molecule has 0 unspecified atom stereocenters. The van der Waals surface area contributed by atoms with Gasteiger partial charge in [-0.05, 0) is 55.5 Å². The minimum Gasteiger partial charge on any atom is -0.341 e. The summed E-state index contributed by atoms with van der Waals surface area (Å²) in [5.74, 6) is -0.193. The number of nitrogens with zero attached hydrogens (tertiary/aromatic N) is 1. The van der Waals surface area contributed by atoms with Crippen LogP contribution in [0.5, 0.6) is 0 Å². The minimum absolute atomic E-state index is 0.177. The van der Waals surface area contributed by atoms with Crippen molar-refractivity contribution in [3.63, 3.8) is 0 Å². The van der Waals surface area contributed by atoms with Gasteiger partial charge in [0.1, 0.15) is 6.04 Å². The van der Waals surface area contributed by atoms with Crippen LogP contribution in [0.2, 0.25) is 0 Å². The van der Waals surface area contributed by atoms with Gasteiger partial charge in [-0.25, -0.2) is 8.42 Å². The van der Waals surface area contributed by atoms with Crippen LogP contribution in [0.15, 0.2) is 53.4 Å². The van der Waals surface area contributed by atoms with Crippen molar-refractivity contribution in [2.75, 3.05) is 13.1 Å². The topological polar surface area (TPSA) is 66.5 Å². The molecule has 2 aromatic carbocycles. The molecule has 0 saturated carbocycles. The molecule has 1 aliphatic heterocycles. The molecule has 5 nitrogen and oxygen atoms in total. The summed E-state index contributed by atoms with van der Waals surface area (Å²) >= 11 is 0. The second kappa shape index (κ2) is 7.60. The lowest BCUT2D eigenvalue weighted by atomic mass is 10.1. The van der Waals surface area contributed by atoms with E-state index < -0.39 is 16.1 Å². The number of benzene rings is 2. The first kappa shape index (κ1) is 18.6. The number of hydrogen-bond donors (Lipinski definition) is 1. The zero-order chi connectivity index (χ0) is 18.7. The van der Waals surface area contributed by atoms with Crippen LogP contribution in [0.4, 0.5) is 0 Å². The molecule has 138 valence electrons. The molecular weight excluding hydrogens is 348 g/mol. The highest BCUT2D eigenvalue weighted by molar-refractivity contribution is 7.89. The fourth-order valence-electron chi connectivity index (χ4n) is 3.13. The van der Waals surface area contributed by atoms with Crippen molar-refractivity contribution in [3.8, 4) is 0 Å². The van der Waals surface area contributed by atoms with E-state index in [9.17, 15) is 13.2 Å². The second-order valence-corrected chi connectivity index (χ2v) is 8.46. The summed E-state index contributed by atoms with van der Waals surface area (Å²) in [6, 6.07) is 13.1. The van der Waals surface area contributed by atoms with E-state index >= 15 is 0 Å². The van der Waals surface area contributed by atoms with E-state index in [-0.39, 0.29) is 10.8 Å². The van der Waals surface area contributed by atoms with Crippen LogP contribution < -0.4 is 4.72 Å². The van der Waals surface area contributed by atoms with Crippen molar-refractivity contribution in [2.45, 2.75) is 37.6 Å². The second-order valence-electron chi connectivity index (χ2n) is 6.74. The SMILES string of the molecule is Cc1ccc(S(=O)(=O)N[C@H](C(=O)N2CCCC2)c2ccccc2)cc1C. The third-order valence-corrected chi connectivity index (χ3v) is 6.28. The number of amides is 1. The quantitative estimate of drug-likeness (QED) is 0.877. The van der Waals surface area contributed by atoms with Gasteiger partial charge in [-0.1, -0.05) is 36.4 Å². The highest BCUT2D eigenvalue weighted by Crippen LogP contribution is 2.23. The fourth-order valence-corrected chi connectivity index (χ4v) is 4.39. The highest BCUT2D eigenvalue weighted by Gasteiger charge is 2.31. The molecule has 1 saturated heterocycles. The molecule has 3 rings (SSSR count). The summed E-state index contributed by atoms with van der Waals surface area (Å²) in [6.07, 6.45) is 1.91. The maximum Gasteiger partial charge on any atom is 0.245 e.